The summed E-state index contributed by atoms with van der Waals surface area (Å²) in [6.07, 6.45) is 0.737. The molecule has 0 aromatic heterocycles. The Bertz CT molecular complexity index is 888. The lowest BCUT2D eigenvalue weighted by atomic mass is 9.98. The van der Waals surface area contributed by atoms with Crippen molar-refractivity contribution >= 4 is 10.0 Å². The monoisotopic (exact) mass is 359 g/mol. The summed E-state index contributed by atoms with van der Waals surface area (Å²) in [7, 11) is -2.09. The molecule has 0 aliphatic carbocycles. The van der Waals surface area contributed by atoms with E-state index in [0.29, 0.717) is 18.8 Å². The van der Waals surface area contributed by atoms with Gasteiger partial charge in [-0.2, -0.15) is 4.31 Å². The van der Waals surface area contributed by atoms with Crippen LogP contribution in [0.5, 0.6) is 5.75 Å². The molecule has 2 aromatic rings. The molecule has 3 rings (SSSR count). The maximum Gasteiger partial charge on any atom is 0.247 e. The van der Waals surface area contributed by atoms with E-state index in [1.807, 2.05) is 31.2 Å². The Morgan fingerprint density at radius 2 is 1.80 bits per heavy atom. The van der Waals surface area contributed by atoms with Crippen molar-refractivity contribution in [3.63, 3.8) is 0 Å². The number of benzene rings is 2. The summed E-state index contributed by atoms with van der Waals surface area (Å²) in [5.41, 5.74) is 4.40. The van der Waals surface area contributed by atoms with E-state index in [1.165, 1.54) is 12.7 Å². The summed E-state index contributed by atoms with van der Waals surface area (Å²) >= 11 is 0. The molecular formula is C20H25NO3S. The first kappa shape index (κ1) is 18.0. The Morgan fingerprint density at radius 1 is 1.12 bits per heavy atom. The van der Waals surface area contributed by atoms with E-state index >= 15 is 0 Å². The minimum Gasteiger partial charge on any atom is -0.495 e. The number of rotatable bonds is 4. The zero-order chi connectivity index (χ0) is 18.2. The quantitative estimate of drug-likeness (QED) is 0.832. The highest BCUT2D eigenvalue weighted by molar-refractivity contribution is 7.89. The third-order valence-corrected chi connectivity index (χ3v) is 6.75. The average molecular weight is 359 g/mol. The Balaban J connectivity index is 2.05. The number of nitrogens with zero attached hydrogens (tertiary/aromatic N) is 1. The fourth-order valence-corrected chi connectivity index (χ4v) is 5.07. The molecule has 1 heterocycles. The van der Waals surface area contributed by atoms with Crippen LogP contribution in [0.25, 0.3) is 0 Å². The van der Waals surface area contributed by atoms with Gasteiger partial charge in [-0.1, -0.05) is 38.1 Å². The zero-order valence-corrected chi connectivity index (χ0v) is 16.1. The van der Waals surface area contributed by atoms with Crippen molar-refractivity contribution in [1.82, 2.24) is 4.31 Å². The number of ether oxygens (including phenoxy) is 1. The van der Waals surface area contributed by atoms with Crippen molar-refractivity contribution in [2.24, 2.45) is 0 Å². The summed E-state index contributed by atoms with van der Waals surface area (Å²) in [6, 6.07) is 11.7. The molecule has 0 saturated carbocycles. The largest absolute Gasteiger partial charge is 0.495 e. The predicted octanol–water partition coefficient (Wildman–Crippen LogP) is 3.87. The lowest BCUT2D eigenvalue weighted by Gasteiger charge is -2.29. The van der Waals surface area contributed by atoms with Crippen LogP contribution >= 0.6 is 0 Å². The van der Waals surface area contributed by atoms with Gasteiger partial charge in [0.25, 0.3) is 0 Å². The maximum atomic E-state index is 13.3. The average Bonchev–Trinajstić information content (AvgIpc) is 2.60. The molecule has 1 aliphatic heterocycles. The smallest absolute Gasteiger partial charge is 0.247 e. The molecule has 0 fully saturated rings. The van der Waals surface area contributed by atoms with Gasteiger partial charge in [0, 0.05) is 13.1 Å². The van der Waals surface area contributed by atoms with Crippen molar-refractivity contribution in [1.29, 1.82) is 0 Å². The Morgan fingerprint density at radius 3 is 2.44 bits per heavy atom. The fraction of sp³-hybridized carbons (Fsp3) is 0.400. The lowest BCUT2D eigenvalue weighted by Crippen LogP contribution is -2.36. The van der Waals surface area contributed by atoms with Crippen LogP contribution in [0.15, 0.2) is 41.3 Å². The van der Waals surface area contributed by atoms with E-state index in [-0.39, 0.29) is 10.8 Å². The SMILES string of the molecule is COc1cc(C)c(C(C)C)cc1S(=O)(=O)N1CCc2ccccc2C1. The van der Waals surface area contributed by atoms with E-state index in [4.69, 9.17) is 4.74 Å². The van der Waals surface area contributed by atoms with Gasteiger partial charge in [0.15, 0.2) is 0 Å². The highest BCUT2D eigenvalue weighted by Gasteiger charge is 2.31. The second-order valence-electron chi connectivity index (χ2n) is 6.87. The molecule has 0 amide bonds. The summed E-state index contributed by atoms with van der Waals surface area (Å²) in [4.78, 5) is 0.267. The van der Waals surface area contributed by atoms with Crippen molar-refractivity contribution < 1.29 is 13.2 Å². The van der Waals surface area contributed by atoms with Gasteiger partial charge in [0.2, 0.25) is 10.0 Å². The van der Waals surface area contributed by atoms with Crippen molar-refractivity contribution in [2.75, 3.05) is 13.7 Å². The lowest BCUT2D eigenvalue weighted by molar-refractivity contribution is 0.377. The van der Waals surface area contributed by atoms with Gasteiger partial charge in [-0.25, -0.2) is 8.42 Å². The molecule has 0 unspecified atom stereocenters. The first-order valence-corrected chi connectivity index (χ1v) is 10.0. The zero-order valence-electron chi connectivity index (χ0n) is 15.2. The van der Waals surface area contributed by atoms with Gasteiger partial charge in [0.1, 0.15) is 10.6 Å². The van der Waals surface area contributed by atoms with E-state index < -0.39 is 10.0 Å². The van der Waals surface area contributed by atoms with Crippen LogP contribution in [0, 0.1) is 6.92 Å². The first-order chi connectivity index (χ1) is 11.8. The highest BCUT2D eigenvalue weighted by Crippen LogP contribution is 2.34. The predicted molar refractivity (Wildman–Crippen MR) is 99.6 cm³/mol. The number of sulfonamides is 1. The topological polar surface area (TPSA) is 46.6 Å². The van der Waals surface area contributed by atoms with Crippen LogP contribution in [-0.4, -0.2) is 26.4 Å². The number of methoxy groups -OCH3 is 1. The van der Waals surface area contributed by atoms with Crippen molar-refractivity contribution in [3.8, 4) is 5.75 Å². The van der Waals surface area contributed by atoms with Gasteiger partial charge in [0.05, 0.1) is 7.11 Å². The molecular weight excluding hydrogens is 334 g/mol. The Labute approximate surface area is 150 Å². The second kappa shape index (κ2) is 6.81. The van der Waals surface area contributed by atoms with Crippen molar-refractivity contribution in [3.05, 3.63) is 58.7 Å². The molecule has 0 bridgehead atoms. The minimum absolute atomic E-state index is 0.252. The fourth-order valence-electron chi connectivity index (χ4n) is 3.47. The molecule has 134 valence electrons. The van der Waals surface area contributed by atoms with Crippen LogP contribution in [0.3, 0.4) is 0 Å². The van der Waals surface area contributed by atoms with Gasteiger partial charge < -0.3 is 4.74 Å². The molecule has 2 aromatic carbocycles. The minimum atomic E-state index is -3.61. The first-order valence-electron chi connectivity index (χ1n) is 8.60. The number of hydrogen-bond donors (Lipinski definition) is 0. The van der Waals surface area contributed by atoms with E-state index in [0.717, 1.165) is 23.1 Å². The standard InChI is InChI=1S/C20H25NO3S/c1-14(2)18-12-20(19(24-4)11-15(18)3)25(22,23)21-10-9-16-7-5-6-8-17(16)13-21/h5-8,11-12,14H,9-10,13H2,1-4H3. The van der Waals surface area contributed by atoms with Gasteiger partial charge >= 0.3 is 0 Å². The van der Waals surface area contributed by atoms with Gasteiger partial charge in [-0.05, 0) is 53.6 Å². The summed E-state index contributed by atoms with van der Waals surface area (Å²) in [5, 5.41) is 0. The van der Waals surface area contributed by atoms with E-state index in [1.54, 1.807) is 10.4 Å². The molecule has 0 spiro atoms. The number of fused-ring (bicyclic) bond motifs is 1. The Kier molecular flexibility index (Phi) is 4.89. The molecule has 0 N–H and O–H groups in total. The second-order valence-corrected chi connectivity index (χ2v) is 8.78. The number of hydrogen-bond acceptors (Lipinski definition) is 3. The molecule has 0 radical (unpaired) electrons. The summed E-state index contributed by atoms with van der Waals surface area (Å²) in [5.74, 6) is 0.669. The van der Waals surface area contributed by atoms with Crippen LogP contribution in [0.1, 0.15) is 42.0 Å². The van der Waals surface area contributed by atoms with Gasteiger partial charge in [-0.3, -0.25) is 0 Å². The molecule has 5 heteroatoms. The normalized spacial score (nSPS) is 15.2. The highest BCUT2D eigenvalue weighted by atomic mass is 32.2. The summed E-state index contributed by atoms with van der Waals surface area (Å²) in [6.45, 7) is 7.04. The van der Waals surface area contributed by atoms with E-state index in [9.17, 15) is 8.42 Å². The Hall–Kier alpha value is -1.85. The van der Waals surface area contributed by atoms with Crippen LogP contribution in [0.2, 0.25) is 0 Å². The molecule has 25 heavy (non-hydrogen) atoms. The van der Waals surface area contributed by atoms with Crippen molar-refractivity contribution in [2.45, 2.75) is 44.6 Å². The third kappa shape index (κ3) is 3.31. The molecule has 1 aliphatic rings. The molecule has 0 saturated heterocycles. The third-order valence-electron chi connectivity index (χ3n) is 4.89. The molecule has 4 nitrogen and oxygen atoms in total. The van der Waals surface area contributed by atoms with Crippen LogP contribution in [0.4, 0.5) is 0 Å². The van der Waals surface area contributed by atoms with Crippen LogP contribution < -0.4 is 4.74 Å². The summed E-state index contributed by atoms with van der Waals surface area (Å²) < 4.78 is 33.6. The van der Waals surface area contributed by atoms with Crippen LogP contribution in [-0.2, 0) is 23.0 Å². The number of aryl methyl sites for hydroxylation is 1. The van der Waals surface area contributed by atoms with Gasteiger partial charge in [-0.15, -0.1) is 0 Å². The maximum absolute atomic E-state index is 13.3. The van der Waals surface area contributed by atoms with E-state index in [2.05, 4.69) is 19.9 Å². The molecule has 0 atom stereocenters.